The van der Waals surface area contributed by atoms with Crippen molar-refractivity contribution in [1.82, 2.24) is 36.8 Å². The molecular formula is C51H78N10O13S. The van der Waals surface area contributed by atoms with E-state index in [0.29, 0.717) is 12.0 Å². The monoisotopic (exact) mass is 1070 g/mol. The Morgan fingerprint density at radius 1 is 0.853 bits per heavy atom. The number of benzene rings is 1. The van der Waals surface area contributed by atoms with Gasteiger partial charge < -0.3 is 63.2 Å². The first-order chi connectivity index (χ1) is 35.2. The lowest BCUT2D eigenvalue weighted by Crippen LogP contribution is -2.59. The average molecular weight is 1070 g/mol. The summed E-state index contributed by atoms with van der Waals surface area (Å²) < 4.78 is 18.0. The summed E-state index contributed by atoms with van der Waals surface area (Å²) in [5.74, 6) is -13.1. The number of aliphatic carboxylic acids is 2. The van der Waals surface area contributed by atoms with Crippen molar-refractivity contribution >= 4 is 70.0 Å². The highest BCUT2D eigenvalue weighted by Crippen LogP contribution is 2.19. The molecule has 0 aliphatic carbocycles. The lowest BCUT2D eigenvalue weighted by Gasteiger charge is -2.29. The van der Waals surface area contributed by atoms with E-state index < -0.39 is 131 Å². The quantitative estimate of drug-likeness (QED) is 0.0312. The maximum absolute atomic E-state index is 14.4. The molecule has 0 unspecified atom stereocenters. The van der Waals surface area contributed by atoms with Crippen molar-refractivity contribution in [3.05, 3.63) is 72.0 Å². The van der Waals surface area contributed by atoms with Crippen LogP contribution in [0.25, 0.3) is 0 Å². The van der Waals surface area contributed by atoms with Crippen LogP contribution in [0.3, 0.4) is 0 Å². The number of nitrogens with one attached hydrogen (secondary N) is 6. The number of carboxylic acids is 2. The number of nitrogens with zero attached hydrogens (tertiary/aromatic N) is 2. The van der Waals surface area contributed by atoms with E-state index in [-0.39, 0.29) is 61.9 Å². The molecule has 0 bridgehead atoms. The van der Waals surface area contributed by atoms with Crippen molar-refractivity contribution in [3.63, 3.8) is 0 Å². The van der Waals surface area contributed by atoms with Crippen LogP contribution in [-0.2, 0) is 65.1 Å². The van der Waals surface area contributed by atoms with Gasteiger partial charge in [0.15, 0.2) is 5.96 Å². The number of nitrogens with two attached hydrogens (primary N) is 2. The third kappa shape index (κ3) is 22.2. The third-order valence-corrected chi connectivity index (χ3v) is 13.3. The van der Waals surface area contributed by atoms with Crippen molar-refractivity contribution in [2.45, 2.75) is 129 Å². The zero-order valence-corrected chi connectivity index (χ0v) is 45.2. The molecule has 416 valence electrons. The molecule has 1 saturated heterocycles. The molecule has 1 aromatic rings. The number of likely N-dealkylation sites (N-methyl/N-ethyl adjacent to an activating group) is 1. The second kappa shape index (κ2) is 31.7. The Labute approximate surface area is 441 Å². The van der Waals surface area contributed by atoms with Crippen molar-refractivity contribution in [2.75, 3.05) is 32.7 Å². The van der Waals surface area contributed by atoms with Gasteiger partial charge >= 0.3 is 11.9 Å². The molecule has 11 atom stereocenters. The van der Waals surface area contributed by atoms with E-state index in [4.69, 9.17) is 16.2 Å². The minimum atomic E-state index is -1.93. The Morgan fingerprint density at radius 2 is 1.44 bits per heavy atom. The number of ether oxygens (including phenoxy) is 1. The average Bonchev–Trinajstić information content (AvgIpc) is 3.34. The Balaban J connectivity index is 2.78. The minimum absolute atomic E-state index is 0.00911. The fourth-order valence-corrected chi connectivity index (χ4v) is 8.45. The van der Waals surface area contributed by atoms with Gasteiger partial charge in [-0.2, -0.15) is 0 Å². The first-order valence-corrected chi connectivity index (χ1v) is 26.4. The van der Waals surface area contributed by atoms with E-state index in [2.05, 4.69) is 43.5 Å². The largest absolute Gasteiger partial charge is 0.480 e. The topological polar surface area (TPSA) is 360 Å². The van der Waals surface area contributed by atoms with Gasteiger partial charge in [-0.3, -0.25) is 42.8 Å². The van der Waals surface area contributed by atoms with Gasteiger partial charge in [0.2, 0.25) is 35.4 Å². The second-order valence-corrected chi connectivity index (χ2v) is 20.7. The van der Waals surface area contributed by atoms with Gasteiger partial charge in [-0.15, -0.1) is 0 Å². The van der Waals surface area contributed by atoms with Gasteiger partial charge in [0, 0.05) is 55.8 Å². The van der Waals surface area contributed by atoms with Crippen LogP contribution in [0, 0.1) is 23.7 Å². The normalized spacial score (nSPS) is 25.0. The molecule has 23 nitrogen and oxygen atoms in total. The van der Waals surface area contributed by atoms with Crippen LogP contribution in [0.15, 0.2) is 71.4 Å². The molecule has 0 radical (unpaired) electrons. The zero-order valence-electron chi connectivity index (χ0n) is 44.4. The minimum Gasteiger partial charge on any atom is -0.480 e. The molecule has 1 aliphatic heterocycles. The van der Waals surface area contributed by atoms with Crippen LogP contribution >= 0.6 is 0 Å². The predicted octanol–water partition coefficient (Wildman–Crippen LogP) is 0.367. The maximum Gasteiger partial charge on any atom is 0.327 e. The highest BCUT2D eigenvalue weighted by molar-refractivity contribution is 7.84. The zero-order chi connectivity index (χ0) is 56.7. The Morgan fingerprint density at radius 3 is 2.01 bits per heavy atom. The van der Waals surface area contributed by atoms with E-state index in [1.165, 1.54) is 33.2 Å². The molecule has 0 spiro atoms. The van der Waals surface area contributed by atoms with E-state index in [1.807, 2.05) is 43.3 Å². The molecule has 1 fully saturated rings. The number of allylic oxidation sites excluding steroid dienone is 2. The number of amides is 7. The summed E-state index contributed by atoms with van der Waals surface area (Å²) in [6.07, 6.45) is 5.58. The fourth-order valence-electron chi connectivity index (χ4n) is 7.88. The van der Waals surface area contributed by atoms with Crippen molar-refractivity contribution in [1.29, 1.82) is 0 Å². The van der Waals surface area contributed by atoms with Gasteiger partial charge in [-0.05, 0) is 56.9 Å². The van der Waals surface area contributed by atoms with E-state index in [9.17, 15) is 57.6 Å². The third-order valence-electron chi connectivity index (χ3n) is 12.5. The van der Waals surface area contributed by atoms with E-state index in [1.54, 1.807) is 34.0 Å². The van der Waals surface area contributed by atoms with Gasteiger partial charge in [-0.25, -0.2) is 9.59 Å². The molecule has 24 heteroatoms. The van der Waals surface area contributed by atoms with Gasteiger partial charge in [0.1, 0.15) is 35.9 Å². The molecule has 1 heterocycles. The van der Waals surface area contributed by atoms with Crippen LogP contribution in [0.5, 0.6) is 0 Å². The standard InChI is InChI=1S/C51H78N10O13S/c1-28(2)25-39-48(68)60-42(50(71)72)32(6)44(64)56-36(17-14-23-54-51(52)53)46(66)55-35(19-18-29(3)26-30(4)40(74-9)27-34-15-12-11-13-16-34)31(5)43(63)58-38(49(69)70)20-21-41(62)61(8)33(7)45(65)57-37(47(67)59-39)22-24-75(10)73/h11-13,15-16,18-19,26,28,30-32,35-40,42H,7,14,17,20-25,27H2,1-6,8-10H3,(H,55,66)(H,56,64)(H,57,65)(H,58,63)(H,59,67)(H,60,68)(H,69,70)(H,71,72)(H4,52,53,54)/b19-18+,29-26+/t30-,31-,32-,35-,36-,37+,38+,39-,40-,42+,75-/m0/s1. The Kier molecular flexibility index (Phi) is 27.1. The number of carboxylic acid groups (broad SMARTS) is 2. The number of carbonyl (C=O) groups is 9. The molecule has 7 amide bonds. The number of methoxy groups -OCH3 is 1. The number of hydrogen-bond acceptors (Lipinski definition) is 12. The van der Waals surface area contributed by atoms with Crippen LogP contribution < -0.4 is 43.4 Å². The van der Waals surface area contributed by atoms with Crippen molar-refractivity contribution < 1.29 is 62.3 Å². The summed E-state index contributed by atoms with van der Waals surface area (Å²) in [7, 11) is 1.33. The molecule has 1 aromatic carbocycles. The van der Waals surface area contributed by atoms with Crippen LogP contribution in [-0.4, -0.2) is 154 Å². The summed E-state index contributed by atoms with van der Waals surface area (Å²) >= 11 is 0. The summed E-state index contributed by atoms with van der Waals surface area (Å²) in [4.78, 5) is 128. The molecule has 2 rings (SSSR count). The number of rotatable bonds is 18. The first kappa shape index (κ1) is 64.2. The number of guanidine groups is 1. The van der Waals surface area contributed by atoms with Crippen LogP contribution in [0.4, 0.5) is 0 Å². The molecule has 1 aliphatic rings. The molecule has 0 saturated carbocycles. The Hall–Kier alpha value is -6.95. The van der Waals surface area contributed by atoms with Crippen molar-refractivity contribution in [3.8, 4) is 0 Å². The smallest absolute Gasteiger partial charge is 0.327 e. The lowest BCUT2D eigenvalue weighted by molar-refractivity contribution is -0.146. The fraction of sp³-hybridized carbons (Fsp3) is 0.569. The summed E-state index contributed by atoms with van der Waals surface area (Å²) in [5.41, 5.74) is 12.3. The molecule has 0 aromatic heterocycles. The van der Waals surface area contributed by atoms with Crippen LogP contribution in [0.2, 0.25) is 0 Å². The summed E-state index contributed by atoms with van der Waals surface area (Å²) in [6, 6.07) is 0.633. The summed E-state index contributed by atoms with van der Waals surface area (Å²) in [6.45, 7) is 13.5. The Bertz CT molecular complexity index is 2310. The molecule has 12 N–H and O–H groups in total. The van der Waals surface area contributed by atoms with Crippen LogP contribution in [0.1, 0.15) is 85.6 Å². The predicted molar refractivity (Wildman–Crippen MR) is 282 cm³/mol. The lowest BCUT2D eigenvalue weighted by atomic mass is 9.94. The van der Waals surface area contributed by atoms with Gasteiger partial charge in [0.25, 0.3) is 5.91 Å². The SMILES string of the molecule is C=C1C(=O)N[C@H](CC[S@](C)=O)C(=O)N[C@@H](CC(C)C)C(=O)N[C@@H](C(=O)O)[C@H](C)C(=O)N[C@@H](CCCN=C(N)N)C(=O)N[C@@H](/C=C/C(C)=C/[C@H](C)[C@H](Cc2ccccc2)OC)[C@H](C)C(=O)N[C@@H](C(=O)O)CCC(=O)N1C. The van der Waals surface area contributed by atoms with Gasteiger partial charge in [-0.1, -0.05) is 95.3 Å². The molecular weight excluding hydrogens is 993 g/mol. The van der Waals surface area contributed by atoms with Gasteiger partial charge in [0.05, 0.1) is 24.0 Å². The number of carbonyl (C=O) groups excluding carboxylic acids is 7. The summed E-state index contributed by atoms with van der Waals surface area (Å²) in [5, 5.41) is 35.7. The van der Waals surface area contributed by atoms with E-state index >= 15 is 0 Å². The maximum atomic E-state index is 14.4. The molecule has 75 heavy (non-hydrogen) atoms. The van der Waals surface area contributed by atoms with E-state index in [0.717, 1.165) is 10.5 Å². The number of hydrogen-bond donors (Lipinski definition) is 10. The number of aliphatic imine (C=N–C) groups is 1. The first-order valence-electron chi connectivity index (χ1n) is 24.7. The highest BCUT2D eigenvalue weighted by Gasteiger charge is 2.38. The van der Waals surface area contributed by atoms with Crippen molar-refractivity contribution in [2.24, 2.45) is 40.1 Å². The second-order valence-electron chi connectivity index (χ2n) is 19.2. The highest BCUT2D eigenvalue weighted by atomic mass is 32.2.